The SMILES string of the molecule is Nc1cc(F)cc(SCCCCC(=O)O)c1. The van der Waals surface area contributed by atoms with Crippen molar-refractivity contribution in [2.75, 3.05) is 11.5 Å². The third kappa shape index (κ3) is 5.02. The van der Waals surface area contributed by atoms with E-state index < -0.39 is 5.97 Å². The van der Waals surface area contributed by atoms with Gasteiger partial charge in [-0.15, -0.1) is 11.8 Å². The van der Waals surface area contributed by atoms with Crippen molar-refractivity contribution in [2.45, 2.75) is 24.2 Å². The molecular formula is C11H14FNO2S. The number of hydrogen-bond acceptors (Lipinski definition) is 3. The Bertz CT molecular complexity index is 351. The molecule has 1 rings (SSSR count). The predicted octanol–water partition coefficient (Wildman–Crippen LogP) is 2.75. The minimum Gasteiger partial charge on any atom is -0.481 e. The van der Waals surface area contributed by atoms with Crippen LogP contribution in [0.3, 0.4) is 0 Å². The van der Waals surface area contributed by atoms with Gasteiger partial charge in [0, 0.05) is 17.0 Å². The topological polar surface area (TPSA) is 63.3 Å². The Morgan fingerprint density at radius 2 is 2.12 bits per heavy atom. The zero-order valence-corrected chi connectivity index (χ0v) is 9.60. The van der Waals surface area contributed by atoms with Crippen LogP contribution in [0.25, 0.3) is 0 Å². The average molecular weight is 243 g/mol. The molecule has 0 amide bonds. The molecule has 0 bridgehead atoms. The highest BCUT2D eigenvalue weighted by molar-refractivity contribution is 7.99. The van der Waals surface area contributed by atoms with Crippen molar-refractivity contribution < 1.29 is 14.3 Å². The monoisotopic (exact) mass is 243 g/mol. The first-order chi connectivity index (χ1) is 7.58. The quantitative estimate of drug-likeness (QED) is 0.458. The number of benzene rings is 1. The summed E-state index contributed by atoms with van der Waals surface area (Å²) < 4.78 is 12.9. The molecule has 5 heteroatoms. The fourth-order valence-corrected chi connectivity index (χ4v) is 2.24. The number of carboxylic acid groups (broad SMARTS) is 1. The van der Waals surface area contributed by atoms with Crippen LogP contribution in [0, 0.1) is 5.82 Å². The summed E-state index contributed by atoms with van der Waals surface area (Å²) in [7, 11) is 0. The molecule has 0 aliphatic heterocycles. The third-order valence-electron chi connectivity index (χ3n) is 1.95. The Morgan fingerprint density at radius 1 is 1.38 bits per heavy atom. The van der Waals surface area contributed by atoms with Crippen molar-refractivity contribution in [2.24, 2.45) is 0 Å². The summed E-state index contributed by atoms with van der Waals surface area (Å²) in [5.41, 5.74) is 5.91. The molecule has 0 aliphatic carbocycles. The molecule has 0 heterocycles. The number of rotatable bonds is 6. The highest BCUT2D eigenvalue weighted by atomic mass is 32.2. The number of thioether (sulfide) groups is 1. The van der Waals surface area contributed by atoms with Crippen LogP contribution in [-0.2, 0) is 4.79 Å². The highest BCUT2D eigenvalue weighted by Crippen LogP contribution is 2.23. The van der Waals surface area contributed by atoms with Crippen LogP contribution in [0.2, 0.25) is 0 Å². The Balaban J connectivity index is 2.29. The predicted molar refractivity (Wildman–Crippen MR) is 63.0 cm³/mol. The first-order valence-electron chi connectivity index (χ1n) is 4.98. The van der Waals surface area contributed by atoms with Gasteiger partial charge in [0.25, 0.3) is 0 Å². The van der Waals surface area contributed by atoms with E-state index in [4.69, 9.17) is 10.8 Å². The van der Waals surface area contributed by atoms with E-state index in [1.807, 2.05) is 0 Å². The van der Waals surface area contributed by atoms with E-state index in [1.165, 1.54) is 23.9 Å². The van der Waals surface area contributed by atoms with E-state index in [-0.39, 0.29) is 12.2 Å². The number of anilines is 1. The molecule has 0 fully saturated rings. The first-order valence-corrected chi connectivity index (χ1v) is 5.97. The van der Waals surface area contributed by atoms with Gasteiger partial charge in [0.2, 0.25) is 0 Å². The molecule has 0 aromatic heterocycles. The fourth-order valence-electron chi connectivity index (χ4n) is 1.24. The Morgan fingerprint density at radius 3 is 2.75 bits per heavy atom. The van der Waals surface area contributed by atoms with Crippen molar-refractivity contribution in [1.82, 2.24) is 0 Å². The fraction of sp³-hybridized carbons (Fsp3) is 0.364. The minimum atomic E-state index is -0.778. The molecule has 1 aromatic rings. The van der Waals surface area contributed by atoms with E-state index in [0.29, 0.717) is 12.1 Å². The number of nitrogen functional groups attached to an aromatic ring is 1. The average Bonchev–Trinajstić information content (AvgIpc) is 2.15. The molecule has 88 valence electrons. The lowest BCUT2D eigenvalue weighted by Gasteiger charge is -2.02. The molecule has 0 unspecified atom stereocenters. The van der Waals surface area contributed by atoms with Crippen molar-refractivity contribution >= 4 is 23.4 Å². The Labute approximate surface area is 97.8 Å². The molecule has 3 N–H and O–H groups in total. The number of carboxylic acids is 1. The number of hydrogen-bond donors (Lipinski definition) is 2. The summed E-state index contributed by atoms with van der Waals surface area (Å²) >= 11 is 1.49. The summed E-state index contributed by atoms with van der Waals surface area (Å²) in [6.07, 6.45) is 1.63. The Kier molecular flexibility index (Phi) is 5.11. The van der Waals surface area contributed by atoms with Crippen molar-refractivity contribution in [1.29, 1.82) is 0 Å². The van der Waals surface area contributed by atoms with Crippen LogP contribution >= 0.6 is 11.8 Å². The second kappa shape index (κ2) is 6.37. The number of nitrogens with two attached hydrogens (primary N) is 1. The second-order valence-corrected chi connectivity index (χ2v) is 4.59. The van der Waals surface area contributed by atoms with Crippen LogP contribution in [0.15, 0.2) is 23.1 Å². The maximum absolute atomic E-state index is 12.9. The van der Waals surface area contributed by atoms with E-state index in [9.17, 15) is 9.18 Å². The van der Waals surface area contributed by atoms with Crippen LogP contribution < -0.4 is 5.73 Å². The molecular weight excluding hydrogens is 229 g/mol. The van der Waals surface area contributed by atoms with Gasteiger partial charge < -0.3 is 10.8 Å². The normalized spacial score (nSPS) is 10.3. The zero-order chi connectivity index (χ0) is 12.0. The van der Waals surface area contributed by atoms with Crippen molar-refractivity contribution in [3.05, 3.63) is 24.0 Å². The summed E-state index contributed by atoms with van der Waals surface area (Å²) in [5, 5.41) is 8.43. The van der Waals surface area contributed by atoms with Gasteiger partial charge >= 0.3 is 5.97 Å². The maximum atomic E-state index is 12.9. The van der Waals surface area contributed by atoms with Crippen molar-refractivity contribution in [3.63, 3.8) is 0 Å². The molecule has 0 atom stereocenters. The largest absolute Gasteiger partial charge is 0.481 e. The maximum Gasteiger partial charge on any atom is 0.303 e. The molecule has 0 aliphatic rings. The number of unbranched alkanes of at least 4 members (excludes halogenated alkanes) is 1. The summed E-state index contributed by atoms with van der Waals surface area (Å²) in [4.78, 5) is 11.0. The van der Waals surface area contributed by atoms with Crippen LogP contribution in [0.1, 0.15) is 19.3 Å². The van der Waals surface area contributed by atoms with Gasteiger partial charge in [-0.3, -0.25) is 4.79 Å². The molecule has 3 nitrogen and oxygen atoms in total. The van der Waals surface area contributed by atoms with Crippen LogP contribution in [0.5, 0.6) is 0 Å². The zero-order valence-electron chi connectivity index (χ0n) is 8.78. The van der Waals surface area contributed by atoms with Gasteiger partial charge in [0.15, 0.2) is 0 Å². The lowest BCUT2D eigenvalue weighted by Crippen LogP contribution is -1.94. The van der Waals surface area contributed by atoms with Crippen molar-refractivity contribution in [3.8, 4) is 0 Å². The minimum absolute atomic E-state index is 0.186. The lowest BCUT2D eigenvalue weighted by molar-refractivity contribution is -0.137. The molecule has 0 saturated carbocycles. The van der Waals surface area contributed by atoms with Crippen LogP contribution in [0.4, 0.5) is 10.1 Å². The van der Waals surface area contributed by atoms with Crippen LogP contribution in [-0.4, -0.2) is 16.8 Å². The van der Waals surface area contributed by atoms with Gasteiger partial charge in [-0.2, -0.15) is 0 Å². The number of aliphatic carboxylic acids is 1. The second-order valence-electron chi connectivity index (χ2n) is 3.42. The van der Waals surface area contributed by atoms with E-state index in [0.717, 1.165) is 17.1 Å². The molecule has 0 saturated heterocycles. The first kappa shape index (κ1) is 12.8. The highest BCUT2D eigenvalue weighted by Gasteiger charge is 2.00. The third-order valence-corrected chi connectivity index (χ3v) is 3.01. The molecule has 0 radical (unpaired) electrons. The van der Waals surface area contributed by atoms with E-state index >= 15 is 0 Å². The van der Waals surface area contributed by atoms with Gasteiger partial charge in [0.1, 0.15) is 5.82 Å². The molecule has 16 heavy (non-hydrogen) atoms. The van der Waals surface area contributed by atoms with E-state index in [1.54, 1.807) is 6.07 Å². The van der Waals surface area contributed by atoms with E-state index in [2.05, 4.69) is 0 Å². The summed E-state index contributed by atoms with van der Waals surface area (Å²) in [6.45, 7) is 0. The van der Waals surface area contributed by atoms with Gasteiger partial charge in [0.05, 0.1) is 0 Å². The Hall–Kier alpha value is -1.23. The molecule has 1 aromatic carbocycles. The summed E-state index contributed by atoms with van der Waals surface area (Å²) in [6, 6.07) is 4.41. The smallest absolute Gasteiger partial charge is 0.303 e. The van der Waals surface area contributed by atoms with Gasteiger partial charge in [-0.05, 0) is 36.8 Å². The standard InChI is InChI=1S/C11H14FNO2S/c12-8-5-9(13)7-10(6-8)16-4-2-1-3-11(14)15/h5-7H,1-4,13H2,(H,14,15). The summed E-state index contributed by atoms with van der Waals surface area (Å²) in [5.74, 6) is -0.344. The van der Waals surface area contributed by atoms with Gasteiger partial charge in [-0.1, -0.05) is 0 Å². The number of carbonyl (C=O) groups is 1. The lowest BCUT2D eigenvalue weighted by atomic mass is 10.2. The van der Waals surface area contributed by atoms with Gasteiger partial charge in [-0.25, -0.2) is 4.39 Å². The number of halogens is 1. The molecule has 0 spiro atoms.